The molecule has 0 aromatic heterocycles. The van der Waals surface area contributed by atoms with Crippen LogP contribution in [0.2, 0.25) is 0 Å². The smallest absolute Gasteiger partial charge is 0.308 e. The third-order valence-corrected chi connectivity index (χ3v) is 22.3. The lowest BCUT2D eigenvalue weighted by Crippen LogP contribution is -2.61. The Kier molecular flexibility index (Phi) is 47.5. The monoisotopic (exact) mass is 1880 g/mol. The number of nitrogens with one attached hydrogen (secondary N) is 13. The van der Waals surface area contributed by atoms with Crippen LogP contribution in [0.3, 0.4) is 0 Å². The minimum absolute atomic E-state index is 0.00986. The van der Waals surface area contributed by atoms with E-state index in [1.165, 1.54) is 0 Å². The molecule has 0 saturated carbocycles. The quantitative estimate of drug-likeness (QED) is 0.00959. The molecule has 0 heterocycles. The van der Waals surface area contributed by atoms with Crippen LogP contribution in [0.4, 0.5) is 0 Å². The molecule has 30 heteroatoms. The number of esters is 2. The zero-order valence-corrected chi connectivity index (χ0v) is 80.7. The van der Waals surface area contributed by atoms with E-state index in [2.05, 4.69) is 75.0 Å². The molecule has 0 aliphatic rings. The van der Waals surface area contributed by atoms with Crippen molar-refractivity contribution in [2.45, 2.75) is 271 Å². The van der Waals surface area contributed by atoms with E-state index in [-0.39, 0.29) is 120 Å². The summed E-state index contributed by atoms with van der Waals surface area (Å²) in [6.45, 7) is 19.9. The standard InChI is InChI=1S/C107H139N13O17/c1-13-15-24-53-93(121)109-86(60-74-39-25-17-26-40-74)102(130)115-88(62-76-43-29-19-30-44-76)104(132)117-90(64-78-47-33-21-34-48-78)106(134)118-89(63-77-45-31-20-32-46-77)105(133)116-87(61-75-41-27-18-28-42-75)103(131)114-84(58-72(9)10)100(128)112-82(56-70(5)6)98(126)110-81(55-69(3)4)97(125)111-83(57-71(7)8)99(127)113-85(59-73(11)12)101(129)120-92(66-95(123)137-68-80-51-37-23-38-52-80)107(135)119-91(96(124)108-54-16-14-2)65-94(122)136-67-79-49-35-22-36-50-79/h1,17-23,25-52,69-73,81-92H,14-16,24,53-68H2,2-12H3,(H,108,124)(H,109,121)(H,110,126)(H,111,125)(H,112,128)(H,113,127)(H,114,131)(H,115,130)(H,116,133)(H,117,132)(H,118,134)(H,119,135)(H,120,129)/t81-,82-,83-,84-,85-,86+,87+,88+,89+,90+,91-,92+/m0/s1. The number of amides is 13. The maximum Gasteiger partial charge on any atom is 0.308 e. The Bertz CT molecular complexity index is 5050. The highest BCUT2D eigenvalue weighted by atomic mass is 16.5. The second-order valence-corrected chi connectivity index (χ2v) is 36.8. The van der Waals surface area contributed by atoms with Crippen LogP contribution in [0.25, 0.3) is 0 Å². The number of unbranched alkanes of at least 4 members (excludes halogenated alkanes) is 2. The molecule has 0 spiro atoms. The SMILES string of the molecule is C#CCCCC(=O)N[C@H](Cc1ccccc1)C(=O)N[C@H](Cc1ccccc1)C(=O)N[C@H](Cc1ccccc1)C(=O)N[C@H](Cc1ccccc1)C(=O)N[C@H](Cc1ccccc1)C(=O)N[C@@H](CC(C)C)C(=O)N[C@@H](CC(C)C)C(=O)N[C@@H](CC(C)C)C(=O)N[C@@H](CC(C)C)C(=O)N[C@@H](CC(C)C)C(=O)N[C@H](CC(=O)OCc1ccccc1)C(=O)N[C@@H](CC(=O)OCc1ccccc1)C(=O)NCCCC. The highest BCUT2D eigenvalue weighted by molar-refractivity contribution is 6.01. The normalized spacial score (nSPS) is 13.8. The first-order valence-corrected chi connectivity index (χ1v) is 47.6. The Balaban J connectivity index is 1.12. The second-order valence-electron chi connectivity index (χ2n) is 36.8. The topological polar surface area (TPSA) is 431 Å². The summed E-state index contributed by atoms with van der Waals surface area (Å²) in [5.74, 6) is -10.8. The molecule has 0 aliphatic heterocycles. The lowest BCUT2D eigenvalue weighted by Gasteiger charge is -2.30. The van der Waals surface area contributed by atoms with Gasteiger partial charge in [0.2, 0.25) is 76.8 Å². The summed E-state index contributed by atoms with van der Waals surface area (Å²) < 4.78 is 11.1. The fraction of sp³-hybridized carbons (Fsp3) is 0.449. The van der Waals surface area contributed by atoms with E-state index in [0.717, 1.165) is 5.56 Å². The molecule has 30 nitrogen and oxygen atoms in total. The van der Waals surface area contributed by atoms with E-state index in [4.69, 9.17) is 15.9 Å². The third-order valence-electron chi connectivity index (χ3n) is 22.3. The summed E-state index contributed by atoms with van der Waals surface area (Å²) >= 11 is 0. The predicted molar refractivity (Wildman–Crippen MR) is 523 cm³/mol. The van der Waals surface area contributed by atoms with Crippen LogP contribution < -0.4 is 69.1 Å². The molecule has 0 aliphatic carbocycles. The maximum atomic E-state index is 15.5. The van der Waals surface area contributed by atoms with Crippen molar-refractivity contribution < 1.29 is 81.4 Å². The number of ether oxygens (including phenoxy) is 2. The number of carbonyl (C=O) groups is 15. The fourth-order valence-corrected chi connectivity index (χ4v) is 15.3. The molecule has 7 aromatic carbocycles. The summed E-state index contributed by atoms with van der Waals surface area (Å²) in [5, 5.41) is 36.6. The van der Waals surface area contributed by atoms with Crippen LogP contribution >= 0.6 is 0 Å². The van der Waals surface area contributed by atoms with Crippen LogP contribution in [0, 0.1) is 41.9 Å². The van der Waals surface area contributed by atoms with E-state index in [1.807, 2.05) is 80.5 Å². The lowest BCUT2D eigenvalue weighted by atomic mass is 9.97. The van der Waals surface area contributed by atoms with Gasteiger partial charge in [0.15, 0.2) is 0 Å². The van der Waals surface area contributed by atoms with Crippen LogP contribution in [-0.4, -0.2) is 168 Å². The zero-order chi connectivity index (χ0) is 99.7. The Morgan fingerprint density at radius 2 is 0.467 bits per heavy atom. The minimum Gasteiger partial charge on any atom is -0.461 e. The number of hydrogen-bond acceptors (Lipinski definition) is 17. The first kappa shape index (κ1) is 110. The van der Waals surface area contributed by atoms with Crippen molar-refractivity contribution in [1.82, 2.24) is 69.1 Å². The molecular formula is C107H139N13O17. The van der Waals surface area contributed by atoms with E-state index in [0.29, 0.717) is 59.1 Å². The molecule has 12 atom stereocenters. The number of benzene rings is 7. The van der Waals surface area contributed by atoms with Gasteiger partial charge in [-0.25, -0.2) is 0 Å². The number of carbonyl (C=O) groups excluding carboxylic acids is 15. The largest absolute Gasteiger partial charge is 0.461 e. The van der Waals surface area contributed by atoms with Crippen LogP contribution in [0.5, 0.6) is 0 Å². The summed E-state index contributed by atoms with van der Waals surface area (Å²) in [6, 6.07) is 45.0. The van der Waals surface area contributed by atoms with Gasteiger partial charge in [0.1, 0.15) is 85.7 Å². The van der Waals surface area contributed by atoms with Crippen LogP contribution in [-0.2, 0) is 127 Å². The van der Waals surface area contributed by atoms with Gasteiger partial charge in [-0.2, -0.15) is 0 Å². The molecule has 7 rings (SSSR count). The molecule has 0 bridgehead atoms. The van der Waals surface area contributed by atoms with Gasteiger partial charge in [-0.1, -0.05) is 295 Å². The van der Waals surface area contributed by atoms with Crippen molar-refractivity contribution in [3.63, 3.8) is 0 Å². The molecule has 0 fully saturated rings. The molecular weight excluding hydrogens is 1740 g/mol. The number of rotatable bonds is 58. The number of terminal acetylenes is 1. The molecule has 137 heavy (non-hydrogen) atoms. The Morgan fingerprint density at radius 1 is 0.263 bits per heavy atom. The molecule has 7 aromatic rings. The maximum absolute atomic E-state index is 15.5. The van der Waals surface area contributed by atoms with Crippen LogP contribution in [0.15, 0.2) is 212 Å². The minimum atomic E-state index is -1.76. The number of hydrogen-bond donors (Lipinski definition) is 13. The zero-order valence-electron chi connectivity index (χ0n) is 80.7. The van der Waals surface area contributed by atoms with Gasteiger partial charge < -0.3 is 78.6 Å². The van der Waals surface area contributed by atoms with Gasteiger partial charge in [0.05, 0.1) is 12.8 Å². The second kappa shape index (κ2) is 59.1. The van der Waals surface area contributed by atoms with Gasteiger partial charge in [-0.15, -0.1) is 12.3 Å². The first-order chi connectivity index (χ1) is 65.6. The van der Waals surface area contributed by atoms with Gasteiger partial charge in [-0.3, -0.25) is 71.9 Å². The first-order valence-electron chi connectivity index (χ1n) is 47.6. The van der Waals surface area contributed by atoms with Crippen molar-refractivity contribution in [1.29, 1.82) is 0 Å². The average Bonchev–Trinajstić information content (AvgIpc) is 0.838. The lowest BCUT2D eigenvalue weighted by molar-refractivity contribution is -0.149. The van der Waals surface area contributed by atoms with Gasteiger partial charge in [-0.05, 0) is 113 Å². The molecule has 0 unspecified atom stereocenters. The van der Waals surface area contributed by atoms with Crippen molar-refractivity contribution in [3.05, 3.63) is 251 Å². The summed E-state index contributed by atoms with van der Waals surface area (Å²) in [7, 11) is 0. The average molecular weight is 1880 g/mol. The van der Waals surface area contributed by atoms with Gasteiger partial charge >= 0.3 is 11.9 Å². The molecule has 13 amide bonds. The van der Waals surface area contributed by atoms with Crippen molar-refractivity contribution in [2.24, 2.45) is 29.6 Å². The molecule has 734 valence electrons. The third kappa shape index (κ3) is 41.5. The highest BCUT2D eigenvalue weighted by Gasteiger charge is 2.40. The Labute approximate surface area is 805 Å². The fourth-order valence-electron chi connectivity index (χ4n) is 15.3. The van der Waals surface area contributed by atoms with E-state index < -0.39 is 174 Å². The van der Waals surface area contributed by atoms with Crippen molar-refractivity contribution in [2.75, 3.05) is 6.54 Å². The van der Waals surface area contributed by atoms with Gasteiger partial charge in [0, 0.05) is 51.5 Å². The Hall–Kier alpha value is -13.9. The summed E-state index contributed by atoms with van der Waals surface area (Å²) in [4.78, 5) is 220. The van der Waals surface area contributed by atoms with E-state index in [1.54, 1.807) is 208 Å². The molecule has 0 saturated heterocycles. The van der Waals surface area contributed by atoms with Gasteiger partial charge in [0.25, 0.3) is 0 Å². The highest BCUT2D eigenvalue weighted by Crippen LogP contribution is 2.20. The van der Waals surface area contributed by atoms with E-state index in [9.17, 15) is 38.4 Å². The van der Waals surface area contributed by atoms with Crippen LogP contribution in [0.1, 0.15) is 192 Å². The van der Waals surface area contributed by atoms with Crippen molar-refractivity contribution >= 4 is 88.7 Å². The van der Waals surface area contributed by atoms with E-state index >= 15 is 33.6 Å². The summed E-state index contributed by atoms with van der Waals surface area (Å²) in [6.07, 6.45) is 5.82. The Morgan fingerprint density at radius 3 is 0.701 bits per heavy atom. The predicted octanol–water partition coefficient (Wildman–Crippen LogP) is 9.23. The summed E-state index contributed by atoms with van der Waals surface area (Å²) in [5.41, 5.74) is 4.49. The molecule has 13 N–H and O–H groups in total. The van der Waals surface area contributed by atoms with Crippen molar-refractivity contribution in [3.8, 4) is 12.3 Å². The molecule has 0 radical (unpaired) electrons.